The van der Waals surface area contributed by atoms with Gasteiger partial charge in [-0.3, -0.25) is 0 Å². The fourth-order valence-corrected chi connectivity index (χ4v) is 2.67. The zero-order valence-electron chi connectivity index (χ0n) is 14.1. The van der Waals surface area contributed by atoms with Gasteiger partial charge < -0.3 is 10.4 Å². The topological polar surface area (TPSA) is 50.1 Å². The van der Waals surface area contributed by atoms with E-state index in [0.29, 0.717) is 0 Å². The van der Waals surface area contributed by atoms with Crippen LogP contribution in [0.15, 0.2) is 30.3 Å². The highest BCUT2D eigenvalue weighted by molar-refractivity contribution is 5.36. The molecule has 2 N–H and O–H groups in total. The minimum Gasteiger partial charge on any atom is -0.396 e. The van der Waals surface area contributed by atoms with Crippen molar-refractivity contribution >= 4 is 0 Å². The van der Waals surface area contributed by atoms with E-state index in [1.165, 1.54) is 11.3 Å². The lowest BCUT2D eigenvalue weighted by atomic mass is 9.90. The predicted octanol–water partition coefficient (Wildman–Crippen LogP) is 2.99. The molecular weight excluding hydrogens is 274 g/mol. The summed E-state index contributed by atoms with van der Waals surface area (Å²) in [6.45, 7) is 10.4. The number of aliphatic hydroxyl groups is 1. The molecule has 0 aliphatic rings. The number of nitrogens with one attached hydrogen (secondary N) is 1. The fourth-order valence-electron chi connectivity index (χ4n) is 2.67. The Morgan fingerprint density at radius 3 is 2.50 bits per heavy atom. The average molecular weight is 301 g/mol. The van der Waals surface area contributed by atoms with E-state index < -0.39 is 0 Å². The maximum atomic E-state index is 9.09. The minimum absolute atomic E-state index is 0.103. The minimum atomic E-state index is 0.103. The number of nitrogens with zero attached hydrogens (tertiary/aromatic N) is 2. The molecule has 22 heavy (non-hydrogen) atoms. The highest BCUT2D eigenvalue weighted by Gasteiger charge is 2.18. The number of aliphatic hydroxyl groups excluding tert-OH is 1. The standard InChI is InChI=1S/C18H27N3O/c1-14-17(12-19-13-18(3,4)10-11-22)15(2)21(20-14)16-8-6-5-7-9-16/h5-9,19,22H,10-13H2,1-4H3. The van der Waals surface area contributed by atoms with E-state index in [2.05, 4.69) is 50.2 Å². The SMILES string of the molecule is Cc1nn(-c2ccccc2)c(C)c1CNCC(C)(C)CCO. The van der Waals surface area contributed by atoms with Crippen LogP contribution in [-0.2, 0) is 6.54 Å². The number of hydrogen-bond donors (Lipinski definition) is 2. The van der Waals surface area contributed by atoms with Gasteiger partial charge in [-0.1, -0.05) is 32.0 Å². The van der Waals surface area contributed by atoms with Gasteiger partial charge in [0.15, 0.2) is 0 Å². The van der Waals surface area contributed by atoms with Crippen molar-refractivity contribution in [1.29, 1.82) is 0 Å². The van der Waals surface area contributed by atoms with Gasteiger partial charge in [0.2, 0.25) is 0 Å². The third-order valence-electron chi connectivity index (χ3n) is 4.14. The lowest BCUT2D eigenvalue weighted by molar-refractivity contribution is 0.207. The van der Waals surface area contributed by atoms with Gasteiger partial charge in [-0.2, -0.15) is 5.10 Å². The van der Waals surface area contributed by atoms with Crippen molar-refractivity contribution in [3.05, 3.63) is 47.3 Å². The third-order valence-corrected chi connectivity index (χ3v) is 4.14. The molecule has 0 saturated heterocycles. The second-order valence-electron chi connectivity index (χ2n) is 6.64. The van der Waals surface area contributed by atoms with Crippen molar-refractivity contribution in [2.24, 2.45) is 5.41 Å². The molecule has 4 nitrogen and oxygen atoms in total. The number of benzene rings is 1. The number of para-hydroxylation sites is 1. The first-order chi connectivity index (χ1) is 10.4. The van der Waals surface area contributed by atoms with Crippen LogP contribution in [-0.4, -0.2) is 28.0 Å². The van der Waals surface area contributed by atoms with Crippen LogP contribution in [0.1, 0.15) is 37.2 Å². The number of aromatic nitrogens is 2. The van der Waals surface area contributed by atoms with Crippen LogP contribution < -0.4 is 5.32 Å². The van der Waals surface area contributed by atoms with Crippen LogP contribution >= 0.6 is 0 Å². The summed E-state index contributed by atoms with van der Waals surface area (Å²) in [6, 6.07) is 10.2. The molecule has 1 aromatic carbocycles. The summed E-state index contributed by atoms with van der Waals surface area (Å²) in [5.74, 6) is 0. The first-order valence-electron chi connectivity index (χ1n) is 7.87. The summed E-state index contributed by atoms with van der Waals surface area (Å²) in [5, 5.41) is 17.3. The highest BCUT2D eigenvalue weighted by Crippen LogP contribution is 2.20. The summed E-state index contributed by atoms with van der Waals surface area (Å²) >= 11 is 0. The Bertz CT molecular complexity index is 602. The molecule has 0 aliphatic carbocycles. The van der Waals surface area contributed by atoms with Crippen LogP contribution in [0.4, 0.5) is 0 Å². The lowest BCUT2D eigenvalue weighted by Gasteiger charge is -2.24. The highest BCUT2D eigenvalue weighted by atomic mass is 16.3. The summed E-state index contributed by atoms with van der Waals surface area (Å²) < 4.78 is 2.01. The Balaban J connectivity index is 2.08. The number of hydrogen-bond acceptors (Lipinski definition) is 3. The van der Waals surface area contributed by atoms with E-state index >= 15 is 0 Å². The molecule has 0 spiro atoms. The van der Waals surface area contributed by atoms with Gasteiger partial charge in [0.1, 0.15) is 0 Å². The van der Waals surface area contributed by atoms with E-state index in [1.54, 1.807) is 0 Å². The zero-order chi connectivity index (χ0) is 16.2. The van der Waals surface area contributed by atoms with Crippen LogP contribution in [0.3, 0.4) is 0 Å². The molecule has 0 aliphatic heterocycles. The molecule has 0 bridgehead atoms. The maximum Gasteiger partial charge on any atom is 0.0648 e. The van der Waals surface area contributed by atoms with Gasteiger partial charge in [0.25, 0.3) is 0 Å². The van der Waals surface area contributed by atoms with Gasteiger partial charge in [-0.15, -0.1) is 0 Å². The molecule has 1 aromatic heterocycles. The molecule has 0 fully saturated rings. The Labute approximate surface area is 133 Å². The van der Waals surface area contributed by atoms with Crippen LogP contribution in [0.25, 0.3) is 5.69 Å². The molecule has 120 valence electrons. The molecule has 0 radical (unpaired) electrons. The molecular formula is C18H27N3O. The summed E-state index contributed by atoms with van der Waals surface area (Å²) in [4.78, 5) is 0. The maximum absolute atomic E-state index is 9.09. The first kappa shape index (κ1) is 16.7. The predicted molar refractivity (Wildman–Crippen MR) is 90.2 cm³/mol. The van der Waals surface area contributed by atoms with Gasteiger partial charge in [0.05, 0.1) is 11.4 Å². The third kappa shape index (κ3) is 3.96. The van der Waals surface area contributed by atoms with E-state index in [4.69, 9.17) is 5.11 Å². The van der Waals surface area contributed by atoms with Crippen LogP contribution in [0, 0.1) is 19.3 Å². The second-order valence-corrected chi connectivity index (χ2v) is 6.64. The Morgan fingerprint density at radius 2 is 1.86 bits per heavy atom. The van der Waals surface area contributed by atoms with E-state index in [0.717, 1.165) is 30.9 Å². The second kappa shape index (κ2) is 7.07. The molecule has 0 atom stereocenters. The zero-order valence-corrected chi connectivity index (χ0v) is 14.1. The van der Waals surface area contributed by atoms with Crippen molar-refractivity contribution in [3.8, 4) is 5.69 Å². The van der Waals surface area contributed by atoms with Crippen molar-refractivity contribution in [2.45, 2.75) is 40.7 Å². The van der Waals surface area contributed by atoms with Crippen LogP contribution in [0.5, 0.6) is 0 Å². The molecule has 0 saturated carbocycles. The monoisotopic (exact) mass is 301 g/mol. The Hall–Kier alpha value is -1.65. The number of rotatable bonds is 7. The van der Waals surface area contributed by atoms with Gasteiger partial charge in [-0.05, 0) is 37.8 Å². The molecule has 0 unspecified atom stereocenters. The van der Waals surface area contributed by atoms with E-state index in [1.807, 2.05) is 22.9 Å². The van der Waals surface area contributed by atoms with Crippen molar-refractivity contribution in [1.82, 2.24) is 15.1 Å². The van der Waals surface area contributed by atoms with E-state index in [9.17, 15) is 0 Å². The van der Waals surface area contributed by atoms with E-state index in [-0.39, 0.29) is 12.0 Å². The average Bonchev–Trinajstić information content (AvgIpc) is 2.76. The fraction of sp³-hybridized carbons (Fsp3) is 0.500. The Kier molecular flexibility index (Phi) is 5.37. The van der Waals surface area contributed by atoms with Crippen LogP contribution in [0.2, 0.25) is 0 Å². The smallest absolute Gasteiger partial charge is 0.0648 e. The van der Waals surface area contributed by atoms with Crippen molar-refractivity contribution in [3.63, 3.8) is 0 Å². The Morgan fingerprint density at radius 1 is 1.18 bits per heavy atom. The number of aryl methyl sites for hydroxylation is 1. The molecule has 0 amide bonds. The summed E-state index contributed by atoms with van der Waals surface area (Å²) in [5.41, 5.74) is 4.69. The lowest BCUT2D eigenvalue weighted by Crippen LogP contribution is -2.30. The van der Waals surface area contributed by atoms with Gasteiger partial charge >= 0.3 is 0 Å². The molecule has 4 heteroatoms. The summed E-state index contributed by atoms with van der Waals surface area (Å²) in [6.07, 6.45) is 0.807. The molecule has 2 rings (SSSR count). The normalized spacial score (nSPS) is 11.9. The van der Waals surface area contributed by atoms with Crippen molar-refractivity contribution < 1.29 is 5.11 Å². The first-order valence-corrected chi connectivity index (χ1v) is 7.87. The summed E-state index contributed by atoms with van der Waals surface area (Å²) in [7, 11) is 0. The van der Waals surface area contributed by atoms with Gasteiger partial charge in [-0.25, -0.2) is 4.68 Å². The quantitative estimate of drug-likeness (QED) is 0.826. The van der Waals surface area contributed by atoms with Gasteiger partial charge in [0, 0.05) is 31.0 Å². The van der Waals surface area contributed by atoms with Crippen molar-refractivity contribution in [2.75, 3.05) is 13.2 Å². The molecule has 2 aromatic rings. The largest absolute Gasteiger partial charge is 0.396 e. The molecule has 1 heterocycles.